The molecule has 1 N–H and O–H groups in total. The average Bonchev–Trinajstić information content (AvgIpc) is 3.72. The molecule has 0 fully saturated rings. The van der Waals surface area contributed by atoms with Crippen molar-refractivity contribution in [2.45, 2.75) is 42.6 Å². The minimum absolute atomic E-state index is 0.167. The summed E-state index contributed by atoms with van der Waals surface area (Å²) in [5.41, 5.74) is 4.41. The van der Waals surface area contributed by atoms with Gasteiger partial charge in [-0.25, -0.2) is 4.98 Å². The topological polar surface area (TPSA) is 86.4 Å². The van der Waals surface area contributed by atoms with Gasteiger partial charge in [0.05, 0.1) is 24.7 Å². The van der Waals surface area contributed by atoms with Gasteiger partial charge in [-0.05, 0) is 54.3 Å². The van der Waals surface area contributed by atoms with Crippen LogP contribution in [0.15, 0.2) is 113 Å². The lowest BCUT2D eigenvalue weighted by Crippen LogP contribution is -2.18. The number of aromatic nitrogens is 2. The van der Waals surface area contributed by atoms with E-state index >= 15 is 0 Å². The number of fused-ring (bicyclic) bond motifs is 1. The molecule has 1 aliphatic carbocycles. The molecule has 0 aliphatic heterocycles. The fraction of sp³-hybridized carbons (Fsp3) is 0.182. The third kappa shape index (κ3) is 6.12. The molecule has 41 heavy (non-hydrogen) atoms. The number of ketones is 1. The van der Waals surface area contributed by atoms with Crippen LogP contribution in [0.3, 0.4) is 0 Å². The van der Waals surface area contributed by atoms with Gasteiger partial charge < -0.3 is 13.7 Å². The van der Waals surface area contributed by atoms with Crippen molar-refractivity contribution in [1.29, 1.82) is 0 Å². The molecule has 6 rings (SSSR count). The van der Waals surface area contributed by atoms with E-state index in [1.807, 2.05) is 59.3 Å². The smallest absolute Gasteiger partial charge is 0.259 e. The molecule has 1 amide bonds. The number of nitrogens with one attached hydrogen (secondary N) is 1. The number of carbonyl (C=O) groups excluding carboxylic acids is 2. The number of furan rings is 1. The maximum Gasteiger partial charge on any atom is 0.259 e. The molecule has 2 heterocycles. The van der Waals surface area contributed by atoms with Crippen molar-refractivity contribution < 1.29 is 18.7 Å². The highest BCUT2D eigenvalue weighted by Crippen LogP contribution is 2.38. The quantitative estimate of drug-likeness (QED) is 0.179. The zero-order valence-electron chi connectivity index (χ0n) is 22.4. The summed E-state index contributed by atoms with van der Waals surface area (Å²) < 4.78 is 14.1. The molecule has 1 unspecified atom stereocenters. The van der Waals surface area contributed by atoms with E-state index in [0.29, 0.717) is 30.2 Å². The second kappa shape index (κ2) is 12.3. The molecule has 206 valence electrons. The highest BCUT2D eigenvalue weighted by Gasteiger charge is 2.25. The van der Waals surface area contributed by atoms with Gasteiger partial charge in [0.1, 0.15) is 11.9 Å². The number of rotatable bonds is 10. The number of hydrogen-bond acceptors (Lipinski definition) is 6. The van der Waals surface area contributed by atoms with Crippen LogP contribution >= 0.6 is 11.8 Å². The Kier molecular flexibility index (Phi) is 8.00. The Morgan fingerprint density at radius 3 is 2.68 bits per heavy atom. The molecule has 0 radical (unpaired) electrons. The van der Waals surface area contributed by atoms with Gasteiger partial charge in [-0.2, -0.15) is 0 Å². The first kappa shape index (κ1) is 26.7. The van der Waals surface area contributed by atoms with Crippen molar-refractivity contribution in [2.75, 3.05) is 5.32 Å². The van der Waals surface area contributed by atoms with Crippen LogP contribution in [-0.4, -0.2) is 21.2 Å². The number of Topliss-reactive ketones (excluding diaryl/α,β-unsaturated/α-hetero) is 1. The SMILES string of the molecule is O=C(Nc1ccco1)c1ccccc1SCc1c(OC(Cn2ccnc2)c2ccccc2)ccc2c1CCCC2=O. The molecular weight excluding hydrogens is 534 g/mol. The molecule has 1 atom stereocenters. The van der Waals surface area contributed by atoms with Crippen molar-refractivity contribution in [2.24, 2.45) is 0 Å². The van der Waals surface area contributed by atoms with E-state index in [0.717, 1.165) is 45.7 Å². The summed E-state index contributed by atoms with van der Waals surface area (Å²) >= 11 is 1.56. The molecule has 7 nitrogen and oxygen atoms in total. The van der Waals surface area contributed by atoms with Crippen LogP contribution < -0.4 is 10.1 Å². The molecule has 1 aliphatic rings. The van der Waals surface area contributed by atoms with Gasteiger partial charge in [0.2, 0.25) is 0 Å². The summed E-state index contributed by atoms with van der Waals surface area (Å²) in [7, 11) is 0. The fourth-order valence-electron chi connectivity index (χ4n) is 5.12. The molecular formula is C33H29N3O4S. The Hall–Kier alpha value is -4.56. The van der Waals surface area contributed by atoms with E-state index in [-0.39, 0.29) is 17.8 Å². The second-order valence-electron chi connectivity index (χ2n) is 9.84. The first-order valence-corrected chi connectivity index (χ1v) is 14.6. The van der Waals surface area contributed by atoms with Crippen LogP contribution in [0.1, 0.15) is 56.4 Å². The van der Waals surface area contributed by atoms with Crippen molar-refractivity contribution in [3.05, 3.63) is 132 Å². The third-order valence-electron chi connectivity index (χ3n) is 7.16. The van der Waals surface area contributed by atoms with E-state index < -0.39 is 0 Å². The fourth-order valence-corrected chi connectivity index (χ4v) is 6.23. The van der Waals surface area contributed by atoms with Gasteiger partial charge in [0, 0.05) is 46.7 Å². The van der Waals surface area contributed by atoms with Crippen LogP contribution in [0, 0.1) is 0 Å². The highest BCUT2D eigenvalue weighted by atomic mass is 32.2. The van der Waals surface area contributed by atoms with Gasteiger partial charge in [-0.3, -0.25) is 14.9 Å². The zero-order valence-corrected chi connectivity index (χ0v) is 23.2. The van der Waals surface area contributed by atoms with Gasteiger partial charge >= 0.3 is 0 Å². The van der Waals surface area contributed by atoms with E-state index in [1.165, 1.54) is 6.26 Å². The van der Waals surface area contributed by atoms with Crippen LogP contribution in [-0.2, 0) is 18.7 Å². The Balaban J connectivity index is 1.32. The maximum atomic E-state index is 13.1. The van der Waals surface area contributed by atoms with Crippen LogP contribution in [0.5, 0.6) is 5.75 Å². The van der Waals surface area contributed by atoms with Crippen molar-refractivity contribution >= 4 is 29.3 Å². The number of nitrogens with zero attached hydrogens (tertiary/aromatic N) is 2. The van der Waals surface area contributed by atoms with Crippen molar-refractivity contribution in [3.63, 3.8) is 0 Å². The first-order valence-electron chi connectivity index (χ1n) is 13.6. The van der Waals surface area contributed by atoms with Gasteiger partial charge in [0.15, 0.2) is 11.7 Å². The number of carbonyl (C=O) groups is 2. The van der Waals surface area contributed by atoms with Crippen LogP contribution in [0.2, 0.25) is 0 Å². The summed E-state index contributed by atoms with van der Waals surface area (Å²) in [6.45, 7) is 0.586. The summed E-state index contributed by atoms with van der Waals surface area (Å²) in [4.78, 5) is 31.0. The summed E-state index contributed by atoms with van der Waals surface area (Å²) in [6.07, 6.45) is 8.90. The van der Waals surface area contributed by atoms with Crippen LogP contribution in [0.25, 0.3) is 0 Å². The Bertz CT molecular complexity index is 1630. The van der Waals surface area contributed by atoms with E-state index in [4.69, 9.17) is 9.15 Å². The lowest BCUT2D eigenvalue weighted by atomic mass is 9.87. The van der Waals surface area contributed by atoms with E-state index in [2.05, 4.69) is 22.4 Å². The number of imidazole rings is 1. The molecule has 0 saturated carbocycles. The summed E-state index contributed by atoms with van der Waals surface area (Å²) in [5.74, 6) is 1.61. The lowest BCUT2D eigenvalue weighted by Gasteiger charge is -2.26. The minimum Gasteiger partial charge on any atom is -0.484 e. The summed E-state index contributed by atoms with van der Waals surface area (Å²) in [6, 6.07) is 24.9. The standard InChI is InChI=1S/C33H29N3O4S/c37-28-12-6-11-24-25(28)15-16-29(40-30(20-36-18-17-34-22-36)23-8-2-1-3-9-23)27(24)21-41-31-13-5-4-10-26(31)33(38)35-32-14-7-19-39-32/h1-5,7-10,13-19,22,30H,6,11-12,20-21H2,(H,35,38). The number of thioether (sulfide) groups is 1. The Morgan fingerprint density at radius 2 is 1.88 bits per heavy atom. The number of hydrogen-bond donors (Lipinski definition) is 1. The number of ether oxygens (including phenoxy) is 1. The maximum absolute atomic E-state index is 13.1. The average molecular weight is 564 g/mol. The van der Waals surface area contributed by atoms with Crippen molar-refractivity contribution in [3.8, 4) is 5.75 Å². The number of anilines is 1. The predicted octanol–water partition coefficient (Wildman–Crippen LogP) is 7.36. The normalized spacial score (nSPS) is 13.4. The largest absolute Gasteiger partial charge is 0.484 e. The Morgan fingerprint density at radius 1 is 1.02 bits per heavy atom. The molecule has 0 saturated heterocycles. The van der Waals surface area contributed by atoms with E-state index in [1.54, 1.807) is 42.5 Å². The molecule has 5 aromatic rings. The molecule has 0 spiro atoms. The van der Waals surface area contributed by atoms with Crippen molar-refractivity contribution in [1.82, 2.24) is 9.55 Å². The lowest BCUT2D eigenvalue weighted by molar-refractivity contribution is 0.0970. The highest BCUT2D eigenvalue weighted by molar-refractivity contribution is 7.98. The molecule has 2 aromatic heterocycles. The monoisotopic (exact) mass is 563 g/mol. The van der Waals surface area contributed by atoms with E-state index in [9.17, 15) is 9.59 Å². The van der Waals surface area contributed by atoms with Gasteiger partial charge in [-0.15, -0.1) is 11.8 Å². The molecule has 3 aromatic carbocycles. The summed E-state index contributed by atoms with van der Waals surface area (Å²) in [5, 5.41) is 2.81. The third-order valence-corrected chi connectivity index (χ3v) is 8.26. The number of amides is 1. The van der Waals surface area contributed by atoms with Gasteiger partial charge in [0.25, 0.3) is 5.91 Å². The molecule has 8 heteroatoms. The first-order chi connectivity index (χ1) is 20.2. The number of benzene rings is 3. The van der Waals surface area contributed by atoms with Gasteiger partial charge in [-0.1, -0.05) is 42.5 Å². The minimum atomic E-state index is -0.266. The second-order valence-corrected chi connectivity index (χ2v) is 10.9. The Labute approximate surface area is 242 Å². The predicted molar refractivity (Wildman–Crippen MR) is 158 cm³/mol. The van der Waals surface area contributed by atoms with Crippen LogP contribution in [0.4, 0.5) is 5.88 Å². The molecule has 0 bridgehead atoms. The zero-order chi connectivity index (χ0) is 28.0.